The zero-order valence-electron chi connectivity index (χ0n) is 8.70. The molecule has 2 heterocycles. The molecule has 1 aromatic carbocycles. The lowest BCUT2D eigenvalue weighted by atomic mass is 10.1. The predicted octanol–water partition coefficient (Wildman–Crippen LogP) is 1.80. The largest absolute Gasteiger partial charge is 0.383 e. The van der Waals surface area contributed by atoms with E-state index in [1.807, 2.05) is 0 Å². The summed E-state index contributed by atoms with van der Waals surface area (Å²) in [6.45, 7) is 0. The Balaban J connectivity index is 2.70. The van der Waals surface area contributed by atoms with Gasteiger partial charge in [0.25, 0.3) is 5.56 Å². The van der Waals surface area contributed by atoms with Gasteiger partial charge in [-0.15, -0.1) is 0 Å². The lowest BCUT2D eigenvalue weighted by molar-refractivity contribution is 0.629. The summed E-state index contributed by atoms with van der Waals surface area (Å²) in [4.78, 5) is 18.5. The maximum Gasteiger partial charge on any atom is 0.256 e. The lowest BCUT2D eigenvalue weighted by Crippen LogP contribution is -2.07. The van der Waals surface area contributed by atoms with Crippen molar-refractivity contribution in [3.8, 4) is 0 Å². The number of benzene rings is 1. The number of hydrogen-bond donors (Lipinski definition) is 2. The first-order valence-corrected chi connectivity index (χ1v) is 5.03. The number of hydrogen-bond acceptors (Lipinski definition) is 3. The maximum absolute atomic E-state index is 13.2. The minimum absolute atomic E-state index is 0.269. The molecule has 0 saturated heterocycles. The molecule has 3 N–H and O–H groups in total. The van der Waals surface area contributed by atoms with E-state index in [0.717, 1.165) is 0 Å². The zero-order chi connectivity index (χ0) is 12.0. The molecule has 3 aromatic rings. The number of fused-ring (bicyclic) bond motifs is 3. The van der Waals surface area contributed by atoms with Gasteiger partial charge in [-0.2, -0.15) is 0 Å². The Morgan fingerprint density at radius 2 is 2.06 bits per heavy atom. The summed E-state index contributed by atoms with van der Waals surface area (Å²) in [5.41, 5.74) is 5.98. The summed E-state index contributed by atoms with van der Waals surface area (Å²) >= 11 is 0. The van der Waals surface area contributed by atoms with Gasteiger partial charge in [0.1, 0.15) is 11.6 Å². The number of pyridine rings is 2. The first-order chi connectivity index (χ1) is 8.16. The molecule has 0 radical (unpaired) electrons. The molecule has 0 saturated carbocycles. The average molecular weight is 229 g/mol. The fourth-order valence-electron chi connectivity index (χ4n) is 1.96. The highest BCUT2D eigenvalue weighted by molar-refractivity contribution is 6.09. The van der Waals surface area contributed by atoms with Crippen LogP contribution in [0, 0.1) is 5.82 Å². The summed E-state index contributed by atoms with van der Waals surface area (Å²) < 4.78 is 13.2. The Morgan fingerprint density at radius 1 is 1.24 bits per heavy atom. The maximum atomic E-state index is 13.2. The van der Waals surface area contributed by atoms with Gasteiger partial charge in [0, 0.05) is 17.0 Å². The van der Waals surface area contributed by atoms with E-state index in [0.29, 0.717) is 21.7 Å². The fourth-order valence-corrected chi connectivity index (χ4v) is 1.96. The van der Waals surface area contributed by atoms with Crippen molar-refractivity contribution < 1.29 is 4.39 Å². The van der Waals surface area contributed by atoms with Crippen molar-refractivity contribution in [1.82, 2.24) is 9.97 Å². The highest BCUT2D eigenvalue weighted by Gasteiger charge is 2.09. The Morgan fingerprint density at radius 3 is 2.88 bits per heavy atom. The second kappa shape index (κ2) is 3.28. The van der Waals surface area contributed by atoms with Crippen molar-refractivity contribution in [2.75, 3.05) is 5.73 Å². The van der Waals surface area contributed by atoms with Gasteiger partial charge in [-0.05, 0) is 24.3 Å². The summed E-state index contributed by atoms with van der Waals surface area (Å²) in [7, 11) is 0. The van der Waals surface area contributed by atoms with Crippen LogP contribution in [-0.4, -0.2) is 9.97 Å². The standard InChI is InChI=1S/C12H8FN3O/c13-6-1-2-9-8(5-6)10-7(11(14)16-9)3-4-15-12(10)17/h1-5H,(H2,14,16)(H,15,17). The van der Waals surface area contributed by atoms with Crippen molar-refractivity contribution in [1.29, 1.82) is 0 Å². The molecule has 0 amide bonds. The van der Waals surface area contributed by atoms with E-state index in [1.165, 1.54) is 24.4 Å². The number of aromatic amines is 1. The lowest BCUT2D eigenvalue weighted by Gasteiger charge is -2.05. The van der Waals surface area contributed by atoms with Gasteiger partial charge in [-0.1, -0.05) is 0 Å². The molecule has 0 bridgehead atoms. The molecule has 0 fully saturated rings. The molecule has 4 nitrogen and oxygen atoms in total. The van der Waals surface area contributed by atoms with Crippen LogP contribution >= 0.6 is 0 Å². The number of nitrogen functional groups attached to an aromatic ring is 1. The Kier molecular flexibility index (Phi) is 1.89. The number of nitrogens with one attached hydrogen (secondary N) is 1. The molecular formula is C12H8FN3O. The number of rotatable bonds is 0. The molecule has 3 rings (SSSR count). The average Bonchev–Trinajstić information content (AvgIpc) is 2.30. The van der Waals surface area contributed by atoms with Crippen molar-refractivity contribution in [3.63, 3.8) is 0 Å². The number of H-pyrrole nitrogens is 1. The number of halogens is 1. The molecule has 84 valence electrons. The van der Waals surface area contributed by atoms with Gasteiger partial charge in [-0.25, -0.2) is 9.37 Å². The molecule has 2 aromatic heterocycles. The van der Waals surface area contributed by atoms with E-state index in [1.54, 1.807) is 6.07 Å². The van der Waals surface area contributed by atoms with E-state index in [9.17, 15) is 9.18 Å². The molecule has 0 aliphatic rings. The normalized spacial score (nSPS) is 11.1. The fraction of sp³-hybridized carbons (Fsp3) is 0. The summed E-state index contributed by atoms with van der Waals surface area (Å²) in [6, 6.07) is 5.74. The monoisotopic (exact) mass is 229 g/mol. The third-order valence-electron chi connectivity index (χ3n) is 2.71. The number of nitrogens with two attached hydrogens (primary N) is 1. The molecule has 17 heavy (non-hydrogen) atoms. The van der Waals surface area contributed by atoms with Crippen LogP contribution in [0.3, 0.4) is 0 Å². The smallest absolute Gasteiger partial charge is 0.256 e. The first kappa shape index (κ1) is 9.77. The van der Waals surface area contributed by atoms with Gasteiger partial charge < -0.3 is 10.7 Å². The van der Waals surface area contributed by atoms with Crippen LogP contribution in [0.1, 0.15) is 0 Å². The minimum atomic E-state index is -0.409. The number of nitrogens with zero attached hydrogens (tertiary/aromatic N) is 1. The molecule has 0 spiro atoms. The summed E-state index contributed by atoms with van der Waals surface area (Å²) in [5, 5.41) is 1.37. The van der Waals surface area contributed by atoms with Crippen LogP contribution in [0.25, 0.3) is 21.7 Å². The summed E-state index contributed by atoms with van der Waals surface area (Å²) in [6.07, 6.45) is 1.49. The quantitative estimate of drug-likeness (QED) is 0.577. The highest BCUT2D eigenvalue weighted by atomic mass is 19.1. The van der Waals surface area contributed by atoms with Crippen LogP contribution in [0.5, 0.6) is 0 Å². The second-order valence-electron chi connectivity index (χ2n) is 3.75. The van der Waals surface area contributed by atoms with Crippen molar-refractivity contribution in [2.24, 2.45) is 0 Å². The molecule has 0 aliphatic heterocycles. The molecule has 0 aliphatic carbocycles. The molecule has 0 atom stereocenters. The molecule has 0 unspecified atom stereocenters. The Labute approximate surface area is 94.9 Å². The van der Waals surface area contributed by atoms with E-state index < -0.39 is 5.82 Å². The van der Waals surface area contributed by atoms with Crippen molar-refractivity contribution in [2.45, 2.75) is 0 Å². The molecular weight excluding hydrogens is 221 g/mol. The zero-order valence-corrected chi connectivity index (χ0v) is 8.70. The summed E-state index contributed by atoms with van der Waals surface area (Å²) in [5.74, 6) is -0.140. The molecule has 5 heteroatoms. The topological polar surface area (TPSA) is 71.8 Å². The van der Waals surface area contributed by atoms with Gasteiger partial charge in [0.15, 0.2) is 0 Å². The predicted molar refractivity (Wildman–Crippen MR) is 64.2 cm³/mol. The SMILES string of the molecule is Nc1nc2ccc(F)cc2c2c(=O)[nH]ccc12. The Hall–Kier alpha value is -2.43. The number of aromatic nitrogens is 2. The van der Waals surface area contributed by atoms with E-state index in [2.05, 4.69) is 9.97 Å². The first-order valence-electron chi connectivity index (χ1n) is 5.03. The minimum Gasteiger partial charge on any atom is -0.383 e. The van der Waals surface area contributed by atoms with Gasteiger partial charge >= 0.3 is 0 Å². The van der Waals surface area contributed by atoms with E-state index in [4.69, 9.17) is 5.73 Å². The van der Waals surface area contributed by atoms with Crippen LogP contribution in [-0.2, 0) is 0 Å². The van der Waals surface area contributed by atoms with Crippen LogP contribution < -0.4 is 11.3 Å². The van der Waals surface area contributed by atoms with Gasteiger partial charge in [-0.3, -0.25) is 4.79 Å². The number of anilines is 1. The van der Waals surface area contributed by atoms with Crippen LogP contribution in [0.4, 0.5) is 10.2 Å². The highest BCUT2D eigenvalue weighted by Crippen LogP contribution is 2.25. The van der Waals surface area contributed by atoms with Crippen molar-refractivity contribution in [3.05, 3.63) is 46.6 Å². The van der Waals surface area contributed by atoms with Crippen molar-refractivity contribution >= 4 is 27.5 Å². The van der Waals surface area contributed by atoms with Crippen LogP contribution in [0.15, 0.2) is 35.3 Å². The van der Waals surface area contributed by atoms with Gasteiger partial charge in [0.2, 0.25) is 0 Å². The van der Waals surface area contributed by atoms with E-state index >= 15 is 0 Å². The second-order valence-corrected chi connectivity index (χ2v) is 3.75. The third-order valence-corrected chi connectivity index (χ3v) is 2.71. The van der Waals surface area contributed by atoms with Crippen LogP contribution in [0.2, 0.25) is 0 Å². The van der Waals surface area contributed by atoms with Gasteiger partial charge in [0.05, 0.1) is 10.9 Å². The Bertz CT molecular complexity index is 795. The van der Waals surface area contributed by atoms with E-state index in [-0.39, 0.29) is 11.4 Å². The third kappa shape index (κ3) is 1.36.